The third kappa shape index (κ3) is 4.22. The van der Waals surface area contributed by atoms with Gasteiger partial charge in [0.2, 0.25) is 5.91 Å². The molecule has 4 nitrogen and oxygen atoms in total. The molecule has 1 amide bonds. The SMILES string of the molecule is CCN(CC)C(CNC(=O)C1CCNC1)c1ccccc1Cl. The molecule has 0 aliphatic carbocycles. The molecule has 0 aromatic heterocycles. The summed E-state index contributed by atoms with van der Waals surface area (Å²) in [7, 11) is 0. The van der Waals surface area contributed by atoms with Gasteiger partial charge in [-0.1, -0.05) is 43.6 Å². The zero-order valence-corrected chi connectivity index (χ0v) is 14.2. The van der Waals surface area contributed by atoms with Crippen LogP contribution in [0, 0.1) is 5.92 Å². The van der Waals surface area contributed by atoms with E-state index in [1.54, 1.807) is 0 Å². The Hall–Kier alpha value is -1.10. The van der Waals surface area contributed by atoms with E-state index >= 15 is 0 Å². The Morgan fingerprint density at radius 1 is 1.41 bits per heavy atom. The van der Waals surface area contributed by atoms with E-state index in [1.165, 1.54) is 0 Å². The van der Waals surface area contributed by atoms with Gasteiger partial charge < -0.3 is 10.6 Å². The van der Waals surface area contributed by atoms with Gasteiger partial charge in [-0.15, -0.1) is 0 Å². The van der Waals surface area contributed by atoms with E-state index in [4.69, 9.17) is 11.6 Å². The van der Waals surface area contributed by atoms with E-state index in [0.29, 0.717) is 6.54 Å². The van der Waals surface area contributed by atoms with Gasteiger partial charge in [0.05, 0.1) is 12.0 Å². The van der Waals surface area contributed by atoms with E-state index in [0.717, 1.165) is 43.2 Å². The Morgan fingerprint density at radius 2 is 2.14 bits per heavy atom. The second kappa shape index (κ2) is 8.51. The Balaban J connectivity index is 2.08. The van der Waals surface area contributed by atoms with Crippen molar-refractivity contribution in [2.75, 3.05) is 32.7 Å². The standard InChI is InChI=1S/C17H26ClN3O/c1-3-21(4-2)16(14-7-5-6-8-15(14)18)12-20-17(22)13-9-10-19-11-13/h5-8,13,16,19H,3-4,9-12H2,1-2H3,(H,20,22). The van der Waals surface area contributed by atoms with Crippen molar-refractivity contribution in [1.29, 1.82) is 0 Å². The molecule has 122 valence electrons. The van der Waals surface area contributed by atoms with Gasteiger partial charge in [-0.3, -0.25) is 9.69 Å². The molecular formula is C17H26ClN3O. The van der Waals surface area contributed by atoms with Crippen molar-refractivity contribution >= 4 is 17.5 Å². The first kappa shape index (κ1) is 17.3. The van der Waals surface area contributed by atoms with E-state index < -0.39 is 0 Å². The summed E-state index contributed by atoms with van der Waals surface area (Å²) in [5.41, 5.74) is 1.08. The largest absolute Gasteiger partial charge is 0.354 e. The molecule has 22 heavy (non-hydrogen) atoms. The molecule has 2 rings (SSSR count). The molecule has 2 atom stereocenters. The molecule has 0 radical (unpaired) electrons. The minimum atomic E-state index is 0.101. The van der Waals surface area contributed by atoms with Gasteiger partial charge in [0, 0.05) is 18.1 Å². The van der Waals surface area contributed by atoms with Crippen LogP contribution in [0.5, 0.6) is 0 Å². The van der Waals surface area contributed by atoms with Crippen molar-refractivity contribution in [2.45, 2.75) is 26.3 Å². The van der Waals surface area contributed by atoms with Crippen LogP contribution in [-0.2, 0) is 4.79 Å². The average Bonchev–Trinajstić information content (AvgIpc) is 3.06. The van der Waals surface area contributed by atoms with Crippen molar-refractivity contribution in [3.8, 4) is 0 Å². The molecule has 1 aliphatic rings. The topological polar surface area (TPSA) is 44.4 Å². The van der Waals surface area contributed by atoms with Gasteiger partial charge in [0.1, 0.15) is 0 Å². The highest BCUT2D eigenvalue weighted by Crippen LogP contribution is 2.27. The molecule has 5 heteroatoms. The molecule has 0 saturated carbocycles. The quantitative estimate of drug-likeness (QED) is 0.810. The van der Waals surface area contributed by atoms with Gasteiger partial charge in [-0.2, -0.15) is 0 Å². The first-order valence-electron chi connectivity index (χ1n) is 8.14. The number of hydrogen-bond donors (Lipinski definition) is 2. The first-order chi connectivity index (χ1) is 10.7. The van der Waals surface area contributed by atoms with Gasteiger partial charge in [-0.05, 0) is 37.7 Å². The van der Waals surface area contributed by atoms with Crippen molar-refractivity contribution < 1.29 is 4.79 Å². The number of likely N-dealkylation sites (N-methyl/N-ethyl adjacent to an activating group) is 1. The van der Waals surface area contributed by atoms with Gasteiger partial charge in [-0.25, -0.2) is 0 Å². The van der Waals surface area contributed by atoms with Gasteiger partial charge in [0.25, 0.3) is 0 Å². The van der Waals surface area contributed by atoms with Gasteiger partial charge in [0.15, 0.2) is 0 Å². The number of nitrogens with zero attached hydrogens (tertiary/aromatic N) is 1. The van der Waals surface area contributed by atoms with Crippen molar-refractivity contribution in [2.24, 2.45) is 5.92 Å². The van der Waals surface area contributed by atoms with Crippen LogP contribution in [0.3, 0.4) is 0 Å². The maximum Gasteiger partial charge on any atom is 0.224 e. The molecule has 1 aliphatic heterocycles. The van der Waals surface area contributed by atoms with Crippen LogP contribution in [0.1, 0.15) is 31.9 Å². The first-order valence-corrected chi connectivity index (χ1v) is 8.52. The summed E-state index contributed by atoms with van der Waals surface area (Å²) in [6.45, 7) is 8.43. The summed E-state index contributed by atoms with van der Waals surface area (Å²) in [4.78, 5) is 14.6. The van der Waals surface area contributed by atoms with E-state index in [2.05, 4.69) is 35.4 Å². The molecule has 1 heterocycles. The Labute approximate surface area is 138 Å². The summed E-state index contributed by atoms with van der Waals surface area (Å²) in [6, 6.07) is 8.01. The summed E-state index contributed by atoms with van der Waals surface area (Å²) < 4.78 is 0. The maximum atomic E-state index is 12.3. The fourth-order valence-corrected chi connectivity index (χ4v) is 3.33. The van der Waals surface area contributed by atoms with Crippen molar-refractivity contribution in [3.05, 3.63) is 34.9 Å². The lowest BCUT2D eigenvalue weighted by molar-refractivity contribution is -0.124. The van der Waals surface area contributed by atoms with Crippen molar-refractivity contribution in [3.63, 3.8) is 0 Å². The van der Waals surface area contributed by atoms with Crippen LogP contribution in [0.4, 0.5) is 0 Å². The molecule has 1 aromatic carbocycles. The fraction of sp³-hybridized carbons (Fsp3) is 0.588. The molecule has 2 unspecified atom stereocenters. The summed E-state index contributed by atoms with van der Waals surface area (Å²) in [5.74, 6) is 0.248. The number of benzene rings is 1. The summed E-state index contributed by atoms with van der Waals surface area (Å²) in [6.07, 6.45) is 0.924. The average molecular weight is 324 g/mol. The molecule has 2 N–H and O–H groups in total. The Kier molecular flexibility index (Phi) is 6.68. The van der Waals surface area contributed by atoms with Crippen LogP contribution in [-0.4, -0.2) is 43.5 Å². The third-order valence-corrected chi connectivity index (χ3v) is 4.76. The molecule has 1 saturated heterocycles. The summed E-state index contributed by atoms with van der Waals surface area (Å²) in [5, 5.41) is 7.12. The normalized spacial score (nSPS) is 19.4. The minimum Gasteiger partial charge on any atom is -0.354 e. The second-order valence-corrected chi connectivity index (χ2v) is 6.10. The zero-order valence-electron chi connectivity index (χ0n) is 13.4. The number of nitrogens with one attached hydrogen (secondary N) is 2. The van der Waals surface area contributed by atoms with Crippen LogP contribution in [0.2, 0.25) is 5.02 Å². The monoisotopic (exact) mass is 323 g/mol. The Bertz CT molecular complexity index is 485. The fourth-order valence-electron chi connectivity index (χ4n) is 3.07. The zero-order chi connectivity index (χ0) is 15.9. The number of halogens is 1. The lowest BCUT2D eigenvalue weighted by Crippen LogP contribution is -2.40. The number of carbonyl (C=O) groups excluding carboxylic acids is 1. The molecule has 0 spiro atoms. The highest BCUT2D eigenvalue weighted by Gasteiger charge is 2.25. The smallest absolute Gasteiger partial charge is 0.224 e. The van der Waals surface area contributed by atoms with Crippen LogP contribution in [0.25, 0.3) is 0 Å². The molecule has 1 fully saturated rings. The van der Waals surface area contributed by atoms with Crippen LogP contribution in [0.15, 0.2) is 24.3 Å². The second-order valence-electron chi connectivity index (χ2n) is 5.69. The predicted octanol–water partition coefficient (Wildman–Crippen LogP) is 2.45. The molecular weight excluding hydrogens is 298 g/mol. The van der Waals surface area contributed by atoms with E-state index in [1.807, 2.05) is 18.2 Å². The lowest BCUT2D eigenvalue weighted by atomic mass is 10.0. The summed E-state index contributed by atoms with van der Waals surface area (Å²) >= 11 is 6.37. The number of rotatable bonds is 7. The molecule has 0 bridgehead atoms. The minimum absolute atomic E-state index is 0.101. The highest BCUT2D eigenvalue weighted by molar-refractivity contribution is 6.31. The number of carbonyl (C=O) groups is 1. The van der Waals surface area contributed by atoms with E-state index in [-0.39, 0.29) is 17.9 Å². The lowest BCUT2D eigenvalue weighted by Gasteiger charge is -2.31. The van der Waals surface area contributed by atoms with E-state index in [9.17, 15) is 4.79 Å². The number of amides is 1. The van der Waals surface area contributed by atoms with Crippen LogP contribution >= 0.6 is 11.6 Å². The predicted molar refractivity (Wildman–Crippen MR) is 91.1 cm³/mol. The van der Waals surface area contributed by atoms with Crippen LogP contribution < -0.4 is 10.6 Å². The number of hydrogen-bond acceptors (Lipinski definition) is 3. The van der Waals surface area contributed by atoms with Crippen molar-refractivity contribution in [1.82, 2.24) is 15.5 Å². The Morgan fingerprint density at radius 3 is 2.73 bits per heavy atom. The molecule has 1 aromatic rings. The third-order valence-electron chi connectivity index (χ3n) is 4.42. The maximum absolute atomic E-state index is 12.3. The van der Waals surface area contributed by atoms with Gasteiger partial charge >= 0.3 is 0 Å². The highest BCUT2D eigenvalue weighted by atomic mass is 35.5.